The van der Waals surface area contributed by atoms with E-state index in [1.54, 1.807) is 24.3 Å². The van der Waals surface area contributed by atoms with Crippen molar-refractivity contribution in [1.29, 1.82) is 0 Å². The number of hydrogen-bond acceptors (Lipinski definition) is 7. The van der Waals surface area contributed by atoms with Gasteiger partial charge in [-0.3, -0.25) is 14.6 Å². The van der Waals surface area contributed by atoms with Gasteiger partial charge in [-0.1, -0.05) is 11.8 Å². The number of amides is 1. The lowest BCUT2D eigenvalue weighted by Gasteiger charge is -2.05. The molecule has 8 nitrogen and oxygen atoms in total. The number of nitrogens with one attached hydrogen (secondary N) is 2. The first kappa shape index (κ1) is 15.7. The summed E-state index contributed by atoms with van der Waals surface area (Å²) >= 11 is 1.06. The molecule has 2 N–H and O–H groups in total. The van der Waals surface area contributed by atoms with Crippen molar-refractivity contribution in [3.8, 4) is 0 Å². The van der Waals surface area contributed by atoms with E-state index in [1.807, 2.05) is 0 Å². The number of esters is 1. The summed E-state index contributed by atoms with van der Waals surface area (Å²) in [6, 6.07) is 6.29. The molecule has 114 valence electrons. The van der Waals surface area contributed by atoms with Crippen molar-refractivity contribution in [3.05, 3.63) is 46.4 Å². The van der Waals surface area contributed by atoms with Crippen LogP contribution in [0.1, 0.15) is 10.4 Å². The number of rotatable bonds is 5. The number of aromatic amines is 1. The van der Waals surface area contributed by atoms with Gasteiger partial charge in [0, 0.05) is 5.69 Å². The number of thioether (sulfide) groups is 1. The van der Waals surface area contributed by atoms with Gasteiger partial charge < -0.3 is 10.1 Å². The largest absolute Gasteiger partial charge is 0.465 e. The van der Waals surface area contributed by atoms with Crippen LogP contribution in [-0.2, 0) is 9.53 Å². The molecule has 0 aliphatic heterocycles. The fourth-order valence-corrected chi connectivity index (χ4v) is 2.12. The van der Waals surface area contributed by atoms with E-state index in [0.29, 0.717) is 11.3 Å². The smallest absolute Gasteiger partial charge is 0.337 e. The van der Waals surface area contributed by atoms with E-state index in [4.69, 9.17) is 0 Å². The standard InChI is InChI=1S/C13H12N4O4S/c1-21-12(20)8-2-4-9(5-3-8)15-11(19)7-22-13-16-10(18)6-14-17-13/h2-6H,7H2,1H3,(H,15,19)(H,16,17,18). The Balaban J connectivity index is 1.89. The number of aromatic nitrogens is 3. The summed E-state index contributed by atoms with van der Waals surface area (Å²) < 4.78 is 4.58. The first-order chi connectivity index (χ1) is 10.6. The maximum atomic E-state index is 11.8. The van der Waals surface area contributed by atoms with Crippen LogP contribution in [0.15, 0.2) is 40.4 Å². The van der Waals surface area contributed by atoms with E-state index in [0.717, 1.165) is 18.0 Å². The Morgan fingerprint density at radius 3 is 2.68 bits per heavy atom. The quantitative estimate of drug-likeness (QED) is 0.615. The molecular weight excluding hydrogens is 308 g/mol. The average Bonchev–Trinajstić information content (AvgIpc) is 2.53. The van der Waals surface area contributed by atoms with Gasteiger partial charge in [0.2, 0.25) is 5.91 Å². The summed E-state index contributed by atoms with van der Waals surface area (Å²) in [5, 5.41) is 10.1. The lowest BCUT2D eigenvalue weighted by Crippen LogP contribution is -2.15. The van der Waals surface area contributed by atoms with Gasteiger partial charge in [-0.25, -0.2) is 4.79 Å². The molecule has 0 fully saturated rings. The predicted molar refractivity (Wildman–Crippen MR) is 79.8 cm³/mol. The topological polar surface area (TPSA) is 114 Å². The molecule has 0 saturated carbocycles. The van der Waals surface area contributed by atoms with Crippen molar-refractivity contribution in [2.75, 3.05) is 18.2 Å². The van der Waals surface area contributed by atoms with E-state index >= 15 is 0 Å². The van der Waals surface area contributed by atoms with E-state index in [-0.39, 0.29) is 22.4 Å². The maximum Gasteiger partial charge on any atom is 0.337 e. The second-order valence-electron chi connectivity index (χ2n) is 4.04. The first-order valence-corrected chi connectivity index (χ1v) is 7.10. The van der Waals surface area contributed by atoms with E-state index in [9.17, 15) is 14.4 Å². The van der Waals surface area contributed by atoms with Gasteiger partial charge in [0.05, 0.1) is 18.4 Å². The van der Waals surface area contributed by atoms with Crippen molar-refractivity contribution in [2.45, 2.75) is 5.16 Å². The molecule has 0 aliphatic rings. The van der Waals surface area contributed by atoms with Crippen LogP contribution < -0.4 is 10.9 Å². The third-order valence-electron chi connectivity index (χ3n) is 2.48. The third-order valence-corrected chi connectivity index (χ3v) is 3.35. The van der Waals surface area contributed by atoms with Gasteiger partial charge in [0.25, 0.3) is 5.56 Å². The molecule has 0 spiro atoms. The summed E-state index contributed by atoms with van der Waals surface area (Å²) in [5.41, 5.74) is 0.564. The van der Waals surface area contributed by atoms with E-state index in [1.165, 1.54) is 7.11 Å². The highest BCUT2D eigenvalue weighted by Gasteiger charge is 2.07. The monoisotopic (exact) mass is 320 g/mol. The molecule has 22 heavy (non-hydrogen) atoms. The SMILES string of the molecule is COC(=O)c1ccc(NC(=O)CSc2nncc(=O)[nH]2)cc1. The first-order valence-electron chi connectivity index (χ1n) is 6.11. The molecule has 1 aromatic heterocycles. The van der Waals surface area contributed by atoms with Crippen LogP contribution in [-0.4, -0.2) is 39.9 Å². The zero-order chi connectivity index (χ0) is 15.9. The number of carbonyl (C=O) groups is 2. The van der Waals surface area contributed by atoms with Crippen LogP contribution in [0, 0.1) is 0 Å². The summed E-state index contributed by atoms with van der Waals surface area (Å²) in [6.07, 6.45) is 1.05. The molecular formula is C13H12N4O4S. The van der Waals surface area contributed by atoms with Crippen molar-refractivity contribution >= 4 is 29.3 Å². The number of benzene rings is 1. The minimum Gasteiger partial charge on any atom is -0.465 e. The van der Waals surface area contributed by atoms with Gasteiger partial charge in [-0.05, 0) is 24.3 Å². The molecule has 0 bridgehead atoms. The fraction of sp³-hybridized carbons (Fsp3) is 0.154. The highest BCUT2D eigenvalue weighted by molar-refractivity contribution is 7.99. The Morgan fingerprint density at radius 1 is 1.32 bits per heavy atom. The van der Waals surface area contributed by atoms with Crippen LogP contribution in [0.3, 0.4) is 0 Å². The third kappa shape index (κ3) is 4.42. The van der Waals surface area contributed by atoms with Gasteiger partial charge in [0.15, 0.2) is 5.16 Å². The number of H-pyrrole nitrogens is 1. The minimum absolute atomic E-state index is 0.0629. The van der Waals surface area contributed by atoms with Gasteiger partial charge in [0.1, 0.15) is 6.20 Å². The number of carbonyl (C=O) groups excluding carboxylic acids is 2. The minimum atomic E-state index is -0.444. The Bertz CT molecular complexity index is 729. The van der Waals surface area contributed by atoms with Crippen LogP contribution in [0.2, 0.25) is 0 Å². The molecule has 1 aromatic carbocycles. The highest BCUT2D eigenvalue weighted by Crippen LogP contribution is 2.13. The van der Waals surface area contributed by atoms with Crippen molar-refractivity contribution in [1.82, 2.24) is 15.2 Å². The normalized spacial score (nSPS) is 10.0. The molecule has 0 atom stereocenters. The zero-order valence-electron chi connectivity index (χ0n) is 11.5. The molecule has 0 aliphatic carbocycles. The molecule has 2 aromatic rings. The fourth-order valence-electron chi connectivity index (χ4n) is 1.50. The van der Waals surface area contributed by atoms with E-state index < -0.39 is 5.97 Å². The molecule has 0 unspecified atom stereocenters. The van der Waals surface area contributed by atoms with Crippen molar-refractivity contribution in [2.24, 2.45) is 0 Å². The Morgan fingerprint density at radius 2 is 2.05 bits per heavy atom. The number of ether oxygens (including phenoxy) is 1. The summed E-state index contributed by atoms with van der Waals surface area (Å²) in [6.45, 7) is 0. The number of anilines is 1. The molecule has 0 radical (unpaired) electrons. The molecule has 0 saturated heterocycles. The summed E-state index contributed by atoms with van der Waals surface area (Å²) in [4.78, 5) is 36.5. The molecule has 1 amide bonds. The Labute approximate surface area is 129 Å². The lowest BCUT2D eigenvalue weighted by atomic mass is 10.2. The number of nitrogens with zero attached hydrogens (tertiary/aromatic N) is 2. The molecule has 2 rings (SSSR count). The van der Waals surface area contributed by atoms with Gasteiger partial charge >= 0.3 is 5.97 Å². The number of methoxy groups -OCH3 is 1. The highest BCUT2D eigenvalue weighted by atomic mass is 32.2. The van der Waals surface area contributed by atoms with Gasteiger partial charge in [-0.15, -0.1) is 5.10 Å². The van der Waals surface area contributed by atoms with Crippen molar-refractivity contribution < 1.29 is 14.3 Å². The lowest BCUT2D eigenvalue weighted by molar-refractivity contribution is -0.113. The predicted octanol–water partition coefficient (Wildman–Crippen LogP) is 0.682. The maximum absolute atomic E-state index is 11.8. The van der Waals surface area contributed by atoms with E-state index in [2.05, 4.69) is 25.2 Å². The van der Waals surface area contributed by atoms with Crippen LogP contribution >= 0.6 is 11.8 Å². The second-order valence-corrected chi connectivity index (χ2v) is 5.01. The Hall–Kier alpha value is -2.68. The average molecular weight is 320 g/mol. The summed E-state index contributed by atoms with van der Waals surface area (Å²) in [7, 11) is 1.30. The van der Waals surface area contributed by atoms with Crippen LogP contribution in [0.25, 0.3) is 0 Å². The Kier molecular flexibility index (Phi) is 5.26. The number of hydrogen-bond donors (Lipinski definition) is 2. The summed E-state index contributed by atoms with van der Waals surface area (Å²) in [5.74, 6) is -0.657. The second kappa shape index (κ2) is 7.36. The van der Waals surface area contributed by atoms with Crippen LogP contribution in [0.4, 0.5) is 5.69 Å². The zero-order valence-corrected chi connectivity index (χ0v) is 12.3. The van der Waals surface area contributed by atoms with Crippen LogP contribution in [0.5, 0.6) is 0 Å². The molecule has 9 heteroatoms. The molecule has 1 heterocycles. The van der Waals surface area contributed by atoms with Gasteiger partial charge in [-0.2, -0.15) is 5.10 Å². The van der Waals surface area contributed by atoms with Crippen molar-refractivity contribution in [3.63, 3.8) is 0 Å².